The molecule has 0 atom stereocenters. The van der Waals surface area contributed by atoms with Gasteiger partial charge in [-0.15, -0.1) is 0 Å². The van der Waals surface area contributed by atoms with Crippen molar-refractivity contribution in [3.05, 3.63) is 65.9 Å². The van der Waals surface area contributed by atoms with E-state index in [1.54, 1.807) is 0 Å². The van der Waals surface area contributed by atoms with Crippen molar-refractivity contribution in [2.24, 2.45) is 0 Å². The molecular formula is C18H19NO2. The standard InChI is InChI=1S/C18H19NO2/c20-10-4-6-14-5-3-7-16(11-14)19-12-15-13-21-18-9-2-1-8-17(15)18/h1-3,5,7-9,11,13,19-20H,4,6,10,12H2. The summed E-state index contributed by atoms with van der Waals surface area (Å²) >= 11 is 0. The van der Waals surface area contributed by atoms with Gasteiger partial charge in [0.2, 0.25) is 0 Å². The van der Waals surface area contributed by atoms with Crippen molar-refractivity contribution in [1.29, 1.82) is 0 Å². The number of hydrogen-bond acceptors (Lipinski definition) is 3. The van der Waals surface area contributed by atoms with Gasteiger partial charge in [0.1, 0.15) is 5.58 Å². The van der Waals surface area contributed by atoms with Crippen LogP contribution < -0.4 is 5.32 Å². The van der Waals surface area contributed by atoms with Crippen molar-refractivity contribution in [2.75, 3.05) is 11.9 Å². The number of aliphatic hydroxyl groups excluding tert-OH is 1. The van der Waals surface area contributed by atoms with Crippen molar-refractivity contribution in [3.8, 4) is 0 Å². The smallest absolute Gasteiger partial charge is 0.134 e. The third kappa shape index (κ3) is 3.26. The summed E-state index contributed by atoms with van der Waals surface area (Å²) in [6.07, 6.45) is 3.52. The fourth-order valence-corrected chi connectivity index (χ4v) is 2.49. The monoisotopic (exact) mass is 281 g/mol. The molecule has 3 nitrogen and oxygen atoms in total. The second-order valence-corrected chi connectivity index (χ2v) is 5.14. The Labute approximate surface area is 124 Å². The van der Waals surface area contributed by atoms with Gasteiger partial charge in [-0.25, -0.2) is 0 Å². The van der Waals surface area contributed by atoms with E-state index in [2.05, 4.69) is 29.6 Å². The van der Waals surface area contributed by atoms with Gasteiger partial charge < -0.3 is 14.8 Å². The first kappa shape index (κ1) is 13.7. The average Bonchev–Trinajstić information content (AvgIpc) is 2.95. The second-order valence-electron chi connectivity index (χ2n) is 5.14. The molecule has 2 N–H and O–H groups in total. The average molecular weight is 281 g/mol. The van der Waals surface area contributed by atoms with Crippen LogP contribution in [0.15, 0.2) is 59.2 Å². The summed E-state index contributed by atoms with van der Waals surface area (Å²) in [5.41, 5.74) is 4.42. The maximum atomic E-state index is 8.90. The van der Waals surface area contributed by atoms with Crippen LogP contribution in [0.1, 0.15) is 17.5 Å². The van der Waals surface area contributed by atoms with E-state index in [0.717, 1.165) is 41.6 Å². The molecule has 0 bridgehead atoms. The molecule has 0 amide bonds. The van der Waals surface area contributed by atoms with Crippen LogP contribution >= 0.6 is 0 Å². The maximum Gasteiger partial charge on any atom is 0.134 e. The van der Waals surface area contributed by atoms with E-state index in [4.69, 9.17) is 9.52 Å². The van der Waals surface area contributed by atoms with Crippen molar-refractivity contribution < 1.29 is 9.52 Å². The van der Waals surface area contributed by atoms with Crippen molar-refractivity contribution in [1.82, 2.24) is 0 Å². The summed E-state index contributed by atoms with van der Waals surface area (Å²) in [6.45, 7) is 0.971. The molecule has 3 heteroatoms. The molecule has 0 saturated carbocycles. The third-order valence-electron chi connectivity index (χ3n) is 3.59. The van der Waals surface area contributed by atoms with Crippen LogP contribution in [-0.4, -0.2) is 11.7 Å². The van der Waals surface area contributed by atoms with E-state index in [1.807, 2.05) is 30.5 Å². The molecule has 0 aliphatic rings. The molecule has 1 heterocycles. The first-order valence-electron chi connectivity index (χ1n) is 7.25. The molecule has 0 saturated heterocycles. The van der Waals surface area contributed by atoms with E-state index < -0.39 is 0 Å². The van der Waals surface area contributed by atoms with E-state index in [9.17, 15) is 0 Å². The van der Waals surface area contributed by atoms with Crippen molar-refractivity contribution in [3.63, 3.8) is 0 Å². The zero-order valence-electron chi connectivity index (χ0n) is 11.9. The van der Waals surface area contributed by atoms with E-state index in [1.165, 1.54) is 5.56 Å². The van der Waals surface area contributed by atoms with E-state index in [-0.39, 0.29) is 6.61 Å². The van der Waals surface area contributed by atoms with Gasteiger partial charge in [0.15, 0.2) is 0 Å². The molecule has 2 aromatic carbocycles. The summed E-state index contributed by atoms with van der Waals surface area (Å²) < 4.78 is 5.55. The highest BCUT2D eigenvalue weighted by atomic mass is 16.3. The van der Waals surface area contributed by atoms with Gasteiger partial charge in [0.05, 0.1) is 6.26 Å². The number of fused-ring (bicyclic) bond motifs is 1. The minimum absolute atomic E-state index is 0.235. The first-order valence-corrected chi connectivity index (χ1v) is 7.25. The van der Waals surface area contributed by atoms with Gasteiger partial charge in [0.25, 0.3) is 0 Å². The number of para-hydroxylation sites is 1. The number of anilines is 1. The first-order chi connectivity index (χ1) is 10.4. The second kappa shape index (κ2) is 6.46. The maximum absolute atomic E-state index is 8.90. The fraction of sp³-hybridized carbons (Fsp3) is 0.222. The number of furan rings is 1. The van der Waals surface area contributed by atoms with Gasteiger partial charge in [-0.2, -0.15) is 0 Å². The van der Waals surface area contributed by atoms with Gasteiger partial charge in [0, 0.05) is 29.8 Å². The minimum Gasteiger partial charge on any atom is -0.464 e. The van der Waals surface area contributed by atoms with Gasteiger partial charge >= 0.3 is 0 Å². The number of rotatable bonds is 6. The number of aryl methyl sites for hydroxylation is 1. The van der Waals surface area contributed by atoms with Gasteiger partial charge in [-0.1, -0.05) is 30.3 Å². The molecule has 108 valence electrons. The van der Waals surface area contributed by atoms with Crippen LogP contribution in [0.4, 0.5) is 5.69 Å². The molecule has 3 rings (SSSR count). The van der Waals surface area contributed by atoms with Crippen LogP contribution in [0.3, 0.4) is 0 Å². The summed E-state index contributed by atoms with van der Waals surface area (Å²) in [6, 6.07) is 16.4. The zero-order chi connectivity index (χ0) is 14.5. The highest BCUT2D eigenvalue weighted by molar-refractivity contribution is 5.81. The predicted octanol–water partition coefficient (Wildman–Crippen LogP) is 3.97. The Bertz CT molecular complexity index is 718. The lowest BCUT2D eigenvalue weighted by atomic mass is 10.1. The fourth-order valence-electron chi connectivity index (χ4n) is 2.49. The largest absolute Gasteiger partial charge is 0.464 e. The van der Waals surface area contributed by atoms with Crippen LogP contribution in [0.5, 0.6) is 0 Å². The lowest BCUT2D eigenvalue weighted by Gasteiger charge is -2.07. The summed E-state index contributed by atoms with van der Waals surface area (Å²) in [5, 5.41) is 13.5. The predicted molar refractivity (Wildman–Crippen MR) is 85.4 cm³/mol. The topological polar surface area (TPSA) is 45.4 Å². The summed E-state index contributed by atoms with van der Waals surface area (Å²) in [5.74, 6) is 0. The Hall–Kier alpha value is -2.26. The van der Waals surface area contributed by atoms with Crippen LogP contribution in [0, 0.1) is 0 Å². The molecule has 0 unspecified atom stereocenters. The van der Waals surface area contributed by atoms with E-state index >= 15 is 0 Å². The lowest BCUT2D eigenvalue weighted by Crippen LogP contribution is -1.99. The number of aliphatic hydroxyl groups is 1. The van der Waals surface area contributed by atoms with Crippen LogP contribution in [-0.2, 0) is 13.0 Å². The summed E-state index contributed by atoms with van der Waals surface area (Å²) in [7, 11) is 0. The highest BCUT2D eigenvalue weighted by Gasteiger charge is 2.04. The molecule has 21 heavy (non-hydrogen) atoms. The number of nitrogens with one attached hydrogen (secondary N) is 1. The van der Waals surface area contributed by atoms with Gasteiger partial charge in [-0.05, 0) is 36.6 Å². The minimum atomic E-state index is 0.235. The van der Waals surface area contributed by atoms with Gasteiger partial charge in [-0.3, -0.25) is 0 Å². The number of benzene rings is 2. The van der Waals surface area contributed by atoms with Crippen LogP contribution in [0.2, 0.25) is 0 Å². The Morgan fingerprint density at radius 3 is 2.86 bits per heavy atom. The molecular weight excluding hydrogens is 262 g/mol. The molecule has 0 fully saturated rings. The normalized spacial score (nSPS) is 10.9. The molecule has 0 spiro atoms. The van der Waals surface area contributed by atoms with Crippen molar-refractivity contribution in [2.45, 2.75) is 19.4 Å². The van der Waals surface area contributed by atoms with E-state index in [0.29, 0.717) is 0 Å². The van der Waals surface area contributed by atoms with Crippen molar-refractivity contribution >= 4 is 16.7 Å². The number of hydrogen-bond donors (Lipinski definition) is 2. The lowest BCUT2D eigenvalue weighted by molar-refractivity contribution is 0.288. The molecule has 0 aliphatic heterocycles. The Kier molecular flexibility index (Phi) is 4.22. The quantitative estimate of drug-likeness (QED) is 0.718. The third-order valence-corrected chi connectivity index (χ3v) is 3.59. The molecule has 0 aliphatic carbocycles. The molecule has 1 aromatic heterocycles. The highest BCUT2D eigenvalue weighted by Crippen LogP contribution is 2.22. The Morgan fingerprint density at radius 2 is 1.95 bits per heavy atom. The summed E-state index contributed by atoms with van der Waals surface area (Å²) in [4.78, 5) is 0. The molecule has 3 aromatic rings. The zero-order valence-corrected chi connectivity index (χ0v) is 11.9. The Morgan fingerprint density at radius 1 is 1.05 bits per heavy atom. The van der Waals surface area contributed by atoms with Crippen LogP contribution in [0.25, 0.3) is 11.0 Å². The SMILES string of the molecule is OCCCc1cccc(NCc2coc3ccccc23)c1. The molecule has 0 radical (unpaired) electrons. The Balaban J connectivity index is 1.70.